The first kappa shape index (κ1) is 12.5. The maximum atomic E-state index is 4.63. The third-order valence-corrected chi connectivity index (χ3v) is 4.79. The van der Waals surface area contributed by atoms with Crippen molar-refractivity contribution in [3.8, 4) is 0 Å². The second-order valence-corrected chi connectivity index (χ2v) is 6.57. The van der Waals surface area contributed by atoms with E-state index in [1.807, 2.05) is 11.3 Å². The second-order valence-electron chi connectivity index (χ2n) is 4.49. The molecule has 0 spiro atoms. The van der Waals surface area contributed by atoms with Crippen LogP contribution in [-0.2, 0) is 6.54 Å². The van der Waals surface area contributed by atoms with Crippen molar-refractivity contribution >= 4 is 27.3 Å². The van der Waals surface area contributed by atoms with Crippen molar-refractivity contribution in [3.63, 3.8) is 0 Å². The Hall–Kier alpha value is 0.0700. The molecule has 1 aromatic heterocycles. The fraction of sp³-hybridized carbons (Fsp3) is 0.750. The summed E-state index contributed by atoms with van der Waals surface area (Å²) < 4.78 is 0. The van der Waals surface area contributed by atoms with Crippen molar-refractivity contribution in [2.45, 2.75) is 45.7 Å². The van der Waals surface area contributed by atoms with Crippen LogP contribution in [-0.4, -0.2) is 27.8 Å². The van der Waals surface area contributed by atoms with Gasteiger partial charge in [-0.1, -0.05) is 22.4 Å². The van der Waals surface area contributed by atoms with E-state index in [2.05, 4.69) is 39.7 Å². The minimum atomic E-state index is 0.807. The maximum absolute atomic E-state index is 4.63. The van der Waals surface area contributed by atoms with Crippen LogP contribution in [0.3, 0.4) is 0 Å². The van der Waals surface area contributed by atoms with E-state index >= 15 is 0 Å². The zero-order chi connectivity index (χ0) is 11.5. The summed E-state index contributed by atoms with van der Waals surface area (Å²) >= 11 is 5.40. The minimum Gasteiger partial charge on any atom is -0.293 e. The van der Waals surface area contributed by atoms with Gasteiger partial charge in [0.15, 0.2) is 0 Å². The number of nitrogens with zero attached hydrogens (tertiary/aromatic N) is 2. The summed E-state index contributed by atoms with van der Waals surface area (Å²) in [6.45, 7) is 6.44. The average Bonchev–Trinajstić information content (AvgIpc) is 2.43. The molecule has 1 aliphatic rings. The van der Waals surface area contributed by atoms with Gasteiger partial charge in [-0.15, -0.1) is 11.3 Å². The van der Waals surface area contributed by atoms with Crippen molar-refractivity contribution in [1.29, 1.82) is 0 Å². The normalized spacial score (nSPS) is 16.8. The molecule has 0 N–H and O–H groups in total. The molecule has 0 amide bonds. The molecule has 0 bridgehead atoms. The van der Waals surface area contributed by atoms with Gasteiger partial charge in [0, 0.05) is 22.8 Å². The fourth-order valence-corrected chi connectivity index (χ4v) is 3.45. The maximum Gasteiger partial charge on any atom is 0.107 e. The summed E-state index contributed by atoms with van der Waals surface area (Å²) in [5.41, 5.74) is 1.20. The fourth-order valence-electron chi connectivity index (χ4n) is 2.03. The lowest BCUT2D eigenvalue weighted by Gasteiger charge is -2.36. The van der Waals surface area contributed by atoms with Crippen LogP contribution in [0.15, 0.2) is 0 Å². The van der Waals surface area contributed by atoms with E-state index in [1.165, 1.54) is 34.8 Å². The third-order valence-electron chi connectivity index (χ3n) is 3.37. The first-order valence-corrected chi connectivity index (χ1v) is 7.87. The van der Waals surface area contributed by atoms with E-state index in [9.17, 15) is 0 Å². The van der Waals surface area contributed by atoms with Gasteiger partial charge < -0.3 is 0 Å². The van der Waals surface area contributed by atoms with Crippen LogP contribution in [0.2, 0.25) is 0 Å². The van der Waals surface area contributed by atoms with Crippen LogP contribution in [0, 0.1) is 13.8 Å². The minimum absolute atomic E-state index is 0.807. The number of rotatable bonds is 5. The Balaban J connectivity index is 1.98. The van der Waals surface area contributed by atoms with Crippen LogP contribution in [0.5, 0.6) is 0 Å². The number of hydrogen-bond donors (Lipinski definition) is 0. The van der Waals surface area contributed by atoms with Crippen molar-refractivity contribution in [1.82, 2.24) is 9.88 Å². The summed E-state index contributed by atoms with van der Waals surface area (Å²) in [4.78, 5) is 8.58. The molecule has 0 saturated heterocycles. The molecule has 16 heavy (non-hydrogen) atoms. The number of thiazole rings is 1. The Morgan fingerprint density at radius 2 is 2.19 bits per heavy atom. The lowest BCUT2D eigenvalue weighted by Crippen LogP contribution is -2.40. The predicted octanol–water partition coefficient (Wildman–Crippen LogP) is 3.51. The molecule has 0 atom stereocenters. The lowest BCUT2D eigenvalue weighted by molar-refractivity contribution is 0.128. The van der Waals surface area contributed by atoms with E-state index in [4.69, 9.17) is 0 Å². The zero-order valence-electron chi connectivity index (χ0n) is 10.0. The van der Waals surface area contributed by atoms with Gasteiger partial charge in [-0.2, -0.15) is 0 Å². The first-order valence-electron chi connectivity index (χ1n) is 5.93. The Morgan fingerprint density at radius 3 is 2.62 bits per heavy atom. The van der Waals surface area contributed by atoms with Gasteiger partial charge in [0.2, 0.25) is 0 Å². The molecule has 0 unspecified atom stereocenters. The van der Waals surface area contributed by atoms with Gasteiger partial charge in [-0.3, -0.25) is 4.90 Å². The van der Waals surface area contributed by atoms with E-state index in [0.717, 1.165) is 24.5 Å². The smallest absolute Gasteiger partial charge is 0.107 e. The molecular weight excluding hydrogens is 284 g/mol. The molecule has 1 aliphatic carbocycles. The largest absolute Gasteiger partial charge is 0.293 e. The Morgan fingerprint density at radius 1 is 1.44 bits per heavy atom. The van der Waals surface area contributed by atoms with Crippen LogP contribution >= 0.6 is 27.3 Å². The lowest BCUT2D eigenvalue weighted by atomic mass is 9.91. The van der Waals surface area contributed by atoms with Gasteiger partial charge in [0.1, 0.15) is 5.01 Å². The van der Waals surface area contributed by atoms with E-state index in [0.29, 0.717) is 0 Å². The van der Waals surface area contributed by atoms with Crippen molar-refractivity contribution in [2.24, 2.45) is 0 Å². The van der Waals surface area contributed by atoms with Crippen LogP contribution in [0.25, 0.3) is 0 Å². The van der Waals surface area contributed by atoms with E-state index in [1.54, 1.807) is 0 Å². The van der Waals surface area contributed by atoms with Crippen LogP contribution in [0.4, 0.5) is 0 Å². The van der Waals surface area contributed by atoms with Gasteiger partial charge in [-0.05, 0) is 26.7 Å². The first-order chi connectivity index (χ1) is 7.70. The zero-order valence-corrected chi connectivity index (χ0v) is 12.4. The molecular formula is C12H19BrN2S. The van der Waals surface area contributed by atoms with Crippen molar-refractivity contribution in [3.05, 3.63) is 15.6 Å². The van der Waals surface area contributed by atoms with Gasteiger partial charge in [0.25, 0.3) is 0 Å². The Labute approximate surface area is 110 Å². The Kier molecular flexibility index (Phi) is 4.39. The molecule has 1 saturated carbocycles. The number of aromatic nitrogens is 1. The van der Waals surface area contributed by atoms with Gasteiger partial charge in [0.05, 0.1) is 12.2 Å². The van der Waals surface area contributed by atoms with E-state index in [-0.39, 0.29) is 0 Å². The summed E-state index contributed by atoms with van der Waals surface area (Å²) in [5, 5.41) is 2.34. The topological polar surface area (TPSA) is 16.1 Å². The molecule has 1 heterocycles. The summed E-state index contributed by atoms with van der Waals surface area (Å²) in [7, 11) is 0. The predicted molar refractivity (Wildman–Crippen MR) is 73.4 cm³/mol. The molecule has 4 heteroatoms. The standard InChI is InChI=1S/C12H19BrN2S/c1-9-10(2)16-12(14-9)8-15(7-6-13)11-4-3-5-11/h11H,3-8H2,1-2H3. The van der Waals surface area contributed by atoms with Gasteiger partial charge in [-0.25, -0.2) is 4.98 Å². The molecule has 0 aromatic carbocycles. The van der Waals surface area contributed by atoms with Crippen molar-refractivity contribution in [2.75, 3.05) is 11.9 Å². The molecule has 1 aromatic rings. The monoisotopic (exact) mass is 302 g/mol. The average molecular weight is 303 g/mol. The van der Waals surface area contributed by atoms with Crippen LogP contribution < -0.4 is 0 Å². The SMILES string of the molecule is Cc1nc(CN(CCBr)C2CCC2)sc1C. The summed E-state index contributed by atoms with van der Waals surface area (Å²) in [6, 6.07) is 0.807. The molecule has 0 aliphatic heterocycles. The second kappa shape index (κ2) is 5.61. The molecule has 90 valence electrons. The molecule has 0 radical (unpaired) electrons. The van der Waals surface area contributed by atoms with Crippen LogP contribution in [0.1, 0.15) is 34.8 Å². The molecule has 1 fully saturated rings. The highest BCUT2D eigenvalue weighted by Crippen LogP contribution is 2.27. The van der Waals surface area contributed by atoms with Gasteiger partial charge >= 0.3 is 0 Å². The molecule has 2 rings (SSSR count). The third kappa shape index (κ3) is 2.84. The number of hydrogen-bond acceptors (Lipinski definition) is 3. The van der Waals surface area contributed by atoms with E-state index < -0.39 is 0 Å². The quantitative estimate of drug-likeness (QED) is 0.774. The number of aryl methyl sites for hydroxylation is 2. The Bertz CT molecular complexity index is 327. The highest BCUT2D eigenvalue weighted by molar-refractivity contribution is 9.09. The highest BCUT2D eigenvalue weighted by atomic mass is 79.9. The number of alkyl halides is 1. The summed E-state index contributed by atoms with van der Waals surface area (Å²) in [6.07, 6.45) is 4.14. The highest BCUT2D eigenvalue weighted by Gasteiger charge is 2.25. The summed E-state index contributed by atoms with van der Waals surface area (Å²) in [5.74, 6) is 0. The van der Waals surface area contributed by atoms with Crippen molar-refractivity contribution < 1.29 is 0 Å². The molecule has 2 nitrogen and oxygen atoms in total. The number of halogens is 1.